The van der Waals surface area contributed by atoms with Crippen LogP contribution in [-0.4, -0.2) is 40.3 Å². The predicted octanol–water partition coefficient (Wildman–Crippen LogP) is 4.25. The number of hydrogen-bond donors (Lipinski definition) is 1. The van der Waals surface area contributed by atoms with E-state index in [0.717, 1.165) is 11.1 Å². The standard InChI is InChI=1S/C28H37N3O5/c1-6-35-24-11-9-22(10-12-24)18-31(17-21(4)5)28(34)25(30-26(32)14-20(2)3)15-27(33)36-19-23-8-7-13-29-16-23/h6-13,16,20-21,25H,1,14-15,17-19H2,2-5H3,(H,30,32)/t25-/m0/s1. The number of nitrogens with zero attached hydrogens (tertiary/aromatic N) is 2. The zero-order valence-corrected chi connectivity index (χ0v) is 21.6. The summed E-state index contributed by atoms with van der Waals surface area (Å²) in [5.41, 5.74) is 1.63. The van der Waals surface area contributed by atoms with Crippen molar-refractivity contribution in [1.82, 2.24) is 15.2 Å². The van der Waals surface area contributed by atoms with Gasteiger partial charge in [-0.15, -0.1) is 0 Å². The monoisotopic (exact) mass is 495 g/mol. The molecule has 0 saturated carbocycles. The van der Waals surface area contributed by atoms with Gasteiger partial charge in [0, 0.05) is 37.5 Å². The quantitative estimate of drug-likeness (QED) is 0.311. The lowest BCUT2D eigenvalue weighted by atomic mass is 10.1. The van der Waals surface area contributed by atoms with Crippen LogP contribution in [0.25, 0.3) is 0 Å². The Morgan fingerprint density at radius 3 is 2.33 bits per heavy atom. The molecule has 0 spiro atoms. The van der Waals surface area contributed by atoms with E-state index in [9.17, 15) is 14.4 Å². The van der Waals surface area contributed by atoms with Crippen LogP contribution in [0.3, 0.4) is 0 Å². The van der Waals surface area contributed by atoms with Crippen molar-refractivity contribution in [3.05, 3.63) is 72.8 Å². The maximum atomic E-state index is 13.6. The second kappa shape index (κ2) is 14.7. The maximum Gasteiger partial charge on any atom is 0.308 e. The topological polar surface area (TPSA) is 97.8 Å². The number of benzene rings is 1. The lowest BCUT2D eigenvalue weighted by Gasteiger charge is -2.29. The van der Waals surface area contributed by atoms with Crippen molar-refractivity contribution in [2.24, 2.45) is 11.8 Å². The van der Waals surface area contributed by atoms with Crippen LogP contribution < -0.4 is 10.1 Å². The minimum Gasteiger partial charge on any atom is -0.466 e. The lowest BCUT2D eigenvalue weighted by molar-refractivity contribution is -0.149. The van der Waals surface area contributed by atoms with Gasteiger partial charge in [0.15, 0.2) is 0 Å². The third kappa shape index (κ3) is 10.3. The third-order valence-electron chi connectivity index (χ3n) is 5.13. The minimum absolute atomic E-state index is 0.0440. The van der Waals surface area contributed by atoms with Crippen LogP contribution in [0, 0.1) is 11.8 Å². The van der Waals surface area contributed by atoms with Gasteiger partial charge in [0.2, 0.25) is 11.8 Å². The summed E-state index contributed by atoms with van der Waals surface area (Å²) in [4.78, 5) is 44.5. The normalized spacial score (nSPS) is 11.6. The minimum atomic E-state index is -1.03. The smallest absolute Gasteiger partial charge is 0.308 e. The molecule has 1 N–H and O–H groups in total. The molecular formula is C28H37N3O5. The highest BCUT2D eigenvalue weighted by molar-refractivity contribution is 5.91. The van der Waals surface area contributed by atoms with Gasteiger partial charge in [-0.25, -0.2) is 0 Å². The number of ether oxygens (including phenoxy) is 2. The second-order valence-corrected chi connectivity index (χ2v) is 9.49. The van der Waals surface area contributed by atoms with Gasteiger partial charge in [-0.3, -0.25) is 19.4 Å². The fourth-order valence-corrected chi connectivity index (χ4v) is 3.58. The molecule has 1 aromatic heterocycles. The van der Waals surface area contributed by atoms with Crippen molar-refractivity contribution in [1.29, 1.82) is 0 Å². The van der Waals surface area contributed by atoms with Gasteiger partial charge < -0.3 is 19.7 Å². The molecule has 0 saturated heterocycles. The predicted molar refractivity (Wildman–Crippen MR) is 138 cm³/mol. The van der Waals surface area contributed by atoms with Gasteiger partial charge in [0.05, 0.1) is 12.7 Å². The van der Waals surface area contributed by atoms with E-state index in [1.165, 1.54) is 6.26 Å². The number of nitrogens with one attached hydrogen (secondary N) is 1. The van der Waals surface area contributed by atoms with Crippen LogP contribution in [0.2, 0.25) is 0 Å². The van der Waals surface area contributed by atoms with Gasteiger partial charge in [-0.1, -0.05) is 52.5 Å². The number of rotatable bonds is 14. The van der Waals surface area contributed by atoms with Gasteiger partial charge in [-0.05, 0) is 35.6 Å². The fraction of sp³-hybridized carbons (Fsp3) is 0.429. The Hall–Kier alpha value is -3.68. The van der Waals surface area contributed by atoms with E-state index in [-0.39, 0.29) is 43.1 Å². The first-order valence-electron chi connectivity index (χ1n) is 12.2. The molecule has 194 valence electrons. The Kier molecular flexibility index (Phi) is 11.6. The summed E-state index contributed by atoms with van der Waals surface area (Å²) in [5.74, 6) is -0.240. The number of esters is 1. The van der Waals surface area contributed by atoms with Crippen molar-refractivity contribution in [3.63, 3.8) is 0 Å². The molecule has 0 bridgehead atoms. The van der Waals surface area contributed by atoms with Crippen LogP contribution in [0.5, 0.6) is 5.75 Å². The van der Waals surface area contributed by atoms with Crippen molar-refractivity contribution in [2.75, 3.05) is 6.54 Å². The van der Waals surface area contributed by atoms with Gasteiger partial charge in [-0.2, -0.15) is 0 Å². The second-order valence-electron chi connectivity index (χ2n) is 9.49. The van der Waals surface area contributed by atoms with E-state index in [4.69, 9.17) is 9.47 Å². The number of aromatic nitrogens is 1. The largest absolute Gasteiger partial charge is 0.466 e. The summed E-state index contributed by atoms with van der Waals surface area (Å²) >= 11 is 0. The summed E-state index contributed by atoms with van der Waals surface area (Å²) in [5, 5.41) is 2.77. The average Bonchev–Trinajstić information content (AvgIpc) is 2.82. The highest BCUT2D eigenvalue weighted by Gasteiger charge is 2.29. The highest BCUT2D eigenvalue weighted by atomic mass is 16.5. The molecule has 2 amide bonds. The first kappa shape index (κ1) is 28.6. The molecule has 8 heteroatoms. The number of amides is 2. The summed E-state index contributed by atoms with van der Waals surface area (Å²) in [6.45, 7) is 12.2. The Balaban J connectivity index is 2.17. The van der Waals surface area contributed by atoms with E-state index < -0.39 is 12.0 Å². The number of carbonyl (C=O) groups excluding carboxylic acids is 3. The number of carbonyl (C=O) groups is 3. The molecule has 1 atom stereocenters. The average molecular weight is 496 g/mol. The van der Waals surface area contributed by atoms with Gasteiger partial charge >= 0.3 is 5.97 Å². The molecular weight excluding hydrogens is 458 g/mol. The summed E-state index contributed by atoms with van der Waals surface area (Å²) in [6.07, 6.45) is 4.58. The van der Waals surface area contributed by atoms with E-state index >= 15 is 0 Å². The van der Waals surface area contributed by atoms with E-state index in [1.54, 1.807) is 41.6 Å². The first-order valence-corrected chi connectivity index (χ1v) is 12.2. The molecule has 8 nitrogen and oxygen atoms in total. The van der Waals surface area contributed by atoms with E-state index in [2.05, 4.69) is 16.9 Å². The molecule has 0 unspecified atom stereocenters. The number of hydrogen-bond acceptors (Lipinski definition) is 6. The fourth-order valence-electron chi connectivity index (χ4n) is 3.58. The van der Waals surface area contributed by atoms with E-state index in [1.807, 2.05) is 39.8 Å². The molecule has 0 radical (unpaired) electrons. The van der Waals surface area contributed by atoms with Crippen molar-refractivity contribution in [3.8, 4) is 5.75 Å². The molecule has 0 aliphatic carbocycles. The van der Waals surface area contributed by atoms with E-state index in [0.29, 0.717) is 18.8 Å². The molecule has 1 heterocycles. The molecule has 1 aromatic carbocycles. The Labute approximate surface area is 213 Å². The van der Waals surface area contributed by atoms with Crippen LogP contribution >= 0.6 is 0 Å². The molecule has 0 aliphatic heterocycles. The summed E-state index contributed by atoms with van der Waals surface area (Å²) in [6, 6.07) is 9.85. The van der Waals surface area contributed by atoms with Crippen LogP contribution in [0.15, 0.2) is 61.6 Å². The molecule has 2 aromatic rings. The van der Waals surface area contributed by atoms with Crippen molar-refractivity contribution >= 4 is 17.8 Å². The van der Waals surface area contributed by atoms with Crippen LogP contribution in [0.4, 0.5) is 0 Å². The Morgan fingerprint density at radius 2 is 1.75 bits per heavy atom. The zero-order chi connectivity index (χ0) is 26.5. The zero-order valence-electron chi connectivity index (χ0n) is 21.6. The summed E-state index contributed by atoms with van der Waals surface area (Å²) in [7, 11) is 0. The van der Waals surface area contributed by atoms with Crippen LogP contribution in [-0.2, 0) is 32.3 Å². The van der Waals surface area contributed by atoms with Crippen molar-refractivity contribution < 1.29 is 23.9 Å². The van der Waals surface area contributed by atoms with Gasteiger partial charge in [0.1, 0.15) is 18.4 Å². The van der Waals surface area contributed by atoms with Gasteiger partial charge in [0.25, 0.3) is 0 Å². The molecule has 0 aliphatic rings. The SMILES string of the molecule is C=COc1ccc(CN(CC(C)C)C(=O)[C@H](CC(=O)OCc2cccnc2)NC(=O)CC(C)C)cc1. The molecule has 36 heavy (non-hydrogen) atoms. The van der Waals surface area contributed by atoms with Crippen LogP contribution in [0.1, 0.15) is 51.7 Å². The Bertz CT molecular complexity index is 990. The number of pyridine rings is 1. The third-order valence-corrected chi connectivity index (χ3v) is 5.13. The summed E-state index contributed by atoms with van der Waals surface area (Å²) < 4.78 is 10.6. The lowest BCUT2D eigenvalue weighted by Crippen LogP contribution is -2.50. The molecule has 2 rings (SSSR count). The maximum absolute atomic E-state index is 13.6. The first-order chi connectivity index (χ1) is 17.2. The Morgan fingerprint density at radius 1 is 1.03 bits per heavy atom. The van der Waals surface area contributed by atoms with Crippen molar-refractivity contribution in [2.45, 2.75) is 59.7 Å². The highest BCUT2D eigenvalue weighted by Crippen LogP contribution is 2.16. The molecule has 0 fully saturated rings.